The molecule has 86 valence electrons. The highest BCUT2D eigenvalue weighted by Gasteiger charge is 2.17. The SMILES string of the molecule is CCC1CSC(Nc2ccc(F)cc2Cl)=N1. The summed E-state index contributed by atoms with van der Waals surface area (Å²) in [5.74, 6) is 0.667. The van der Waals surface area contributed by atoms with E-state index in [4.69, 9.17) is 11.6 Å². The molecule has 1 atom stereocenters. The van der Waals surface area contributed by atoms with Gasteiger partial charge in [0.25, 0.3) is 0 Å². The van der Waals surface area contributed by atoms with Crippen molar-refractivity contribution in [3.63, 3.8) is 0 Å². The molecule has 0 fully saturated rings. The van der Waals surface area contributed by atoms with Gasteiger partial charge in [-0.1, -0.05) is 30.3 Å². The Morgan fingerprint density at radius 1 is 1.62 bits per heavy atom. The minimum atomic E-state index is -0.331. The molecular formula is C11H12ClFN2S. The number of rotatable bonds is 2. The Morgan fingerprint density at radius 2 is 2.44 bits per heavy atom. The second-order valence-corrected chi connectivity index (χ2v) is 4.97. The van der Waals surface area contributed by atoms with Gasteiger partial charge in [0.2, 0.25) is 0 Å². The van der Waals surface area contributed by atoms with Gasteiger partial charge in [-0.25, -0.2) is 4.39 Å². The fraction of sp³-hybridized carbons (Fsp3) is 0.364. The number of nitrogens with one attached hydrogen (secondary N) is 1. The Morgan fingerprint density at radius 3 is 3.06 bits per heavy atom. The Hall–Kier alpha value is -0.740. The van der Waals surface area contributed by atoms with Crippen LogP contribution in [0.5, 0.6) is 0 Å². The molecule has 2 nitrogen and oxygen atoms in total. The standard InChI is InChI=1S/C11H12ClFN2S/c1-2-8-6-16-11(14-8)15-10-4-3-7(13)5-9(10)12/h3-5,8H,2,6H2,1H3,(H,14,15). The van der Waals surface area contributed by atoms with Gasteiger partial charge in [0.1, 0.15) is 5.82 Å². The topological polar surface area (TPSA) is 24.4 Å². The molecule has 0 spiro atoms. The van der Waals surface area contributed by atoms with E-state index in [-0.39, 0.29) is 5.82 Å². The number of halogens is 2. The minimum Gasteiger partial charge on any atom is -0.334 e. The maximum atomic E-state index is 12.8. The first kappa shape index (κ1) is 11.7. The number of aliphatic imine (C=N–C) groups is 1. The molecule has 0 aromatic heterocycles. The molecule has 1 aromatic carbocycles. The van der Waals surface area contributed by atoms with Crippen molar-refractivity contribution < 1.29 is 4.39 Å². The summed E-state index contributed by atoms with van der Waals surface area (Å²) in [6.07, 6.45) is 1.04. The van der Waals surface area contributed by atoms with Gasteiger partial charge < -0.3 is 5.32 Å². The third kappa shape index (κ3) is 2.68. The van der Waals surface area contributed by atoms with Crippen LogP contribution >= 0.6 is 23.4 Å². The summed E-state index contributed by atoms with van der Waals surface area (Å²) < 4.78 is 12.8. The Balaban J connectivity index is 2.10. The van der Waals surface area contributed by atoms with Crippen LogP contribution in [0.3, 0.4) is 0 Å². The fourth-order valence-electron chi connectivity index (χ4n) is 1.40. The smallest absolute Gasteiger partial charge is 0.161 e. The molecule has 1 heterocycles. The number of anilines is 1. The van der Waals surface area contributed by atoms with E-state index in [9.17, 15) is 4.39 Å². The predicted molar refractivity (Wildman–Crippen MR) is 69.0 cm³/mol. The first-order valence-electron chi connectivity index (χ1n) is 5.11. The van der Waals surface area contributed by atoms with Gasteiger partial charge in [-0.3, -0.25) is 4.99 Å². The molecule has 1 aliphatic rings. The molecule has 0 bridgehead atoms. The van der Waals surface area contributed by atoms with E-state index < -0.39 is 0 Å². The van der Waals surface area contributed by atoms with Gasteiger partial charge in [-0.15, -0.1) is 0 Å². The van der Waals surface area contributed by atoms with E-state index in [2.05, 4.69) is 17.2 Å². The van der Waals surface area contributed by atoms with E-state index in [1.54, 1.807) is 17.8 Å². The average Bonchev–Trinajstić information content (AvgIpc) is 2.70. The highest BCUT2D eigenvalue weighted by molar-refractivity contribution is 8.14. The van der Waals surface area contributed by atoms with Gasteiger partial charge in [0, 0.05) is 5.75 Å². The van der Waals surface area contributed by atoms with E-state index >= 15 is 0 Å². The van der Waals surface area contributed by atoms with Crippen molar-refractivity contribution in [1.82, 2.24) is 0 Å². The largest absolute Gasteiger partial charge is 0.334 e. The molecule has 0 saturated heterocycles. The summed E-state index contributed by atoms with van der Waals surface area (Å²) in [5, 5.41) is 4.35. The molecule has 1 N–H and O–H groups in total. The predicted octanol–water partition coefficient (Wildman–Crippen LogP) is 3.77. The van der Waals surface area contributed by atoms with Crippen LogP contribution < -0.4 is 5.32 Å². The minimum absolute atomic E-state index is 0.331. The third-order valence-corrected chi connectivity index (χ3v) is 3.70. The van der Waals surface area contributed by atoms with Crippen LogP contribution in [0.4, 0.5) is 10.1 Å². The van der Waals surface area contributed by atoms with Crippen molar-refractivity contribution >= 4 is 34.2 Å². The Bertz CT molecular complexity index is 422. The molecule has 1 aromatic rings. The van der Waals surface area contributed by atoms with Crippen molar-refractivity contribution in [3.05, 3.63) is 29.0 Å². The van der Waals surface area contributed by atoms with Gasteiger partial charge in [0.15, 0.2) is 5.17 Å². The summed E-state index contributed by atoms with van der Waals surface area (Å²) >= 11 is 7.58. The molecule has 0 radical (unpaired) electrons. The fourth-order valence-corrected chi connectivity index (χ4v) is 2.68. The monoisotopic (exact) mass is 258 g/mol. The maximum absolute atomic E-state index is 12.8. The Kier molecular flexibility index (Phi) is 3.71. The van der Waals surface area contributed by atoms with E-state index in [1.165, 1.54) is 12.1 Å². The molecular weight excluding hydrogens is 247 g/mol. The van der Waals surface area contributed by atoms with Crippen LogP contribution in [0.1, 0.15) is 13.3 Å². The lowest BCUT2D eigenvalue weighted by atomic mass is 10.3. The maximum Gasteiger partial charge on any atom is 0.161 e. The molecule has 0 amide bonds. The molecule has 16 heavy (non-hydrogen) atoms. The zero-order chi connectivity index (χ0) is 11.5. The summed E-state index contributed by atoms with van der Waals surface area (Å²) in [6.45, 7) is 2.11. The van der Waals surface area contributed by atoms with Gasteiger partial charge >= 0.3 is 0 Å². The van der Waals surface area contributed by atoms with Crippen LogP contribution in [-0.2, 0) is 0 Å². The lowest BCUT2D eigenvalue weighted by Crippen LogP contribution is -2.05. The quantitative estimate of drug-likeness (QED) is 0.873. The van der Waals surface area contributed by atoms with Crippen LogP contribution in [0.15, 0.2) is 23.2 Å². The summed E-state index contributed by atoms with van der Waals surface area (Å²) in [4.78, 5) is 4.48. The number of benzene rings is 1. The van der Waals surface area contributed by atoms with Gasteiger partial charge in [-0.05, 0) is 24.6 Å². The lowest BCUT2D eigenvalue weighted by molar-refractivity contribution is 0.628. The van der Waals surface area contributed by atoms with Crippen LogP contribution in [0, 0.1) is 5.82 Å². The van der Waals surface area contributed by atoms with Crippen molar-refractivity contribution in [1.29, 1.82) is 0 Å². The zero-order valence-electron chi connectivity index (χ0n) is 8.84. The van der Waals surface area contributed by atoms with Crippen LogP contribution in [0.2, 0.25) is 5.02 Å². The molecule has 1 unspecified atom stereocenters. The normalized spacial score (nSPS) is 19.7. The third-order valence-electron chi connectivity index (χ3n) is 2.36. The molecule has 0 saturated carbocycles. The van der Waals surface area contributed by atoms with Crippen molar-refractivity contribution in [2.24, 2.45) is 4.99 Å². The second kappa shape index (κ2) is 5.06. The highest BCUT2D eigenvalue weighted by Crippen LogP contribution is 2.26. The molecule has 5 heteroatoms. The lowest BCUT2D eigenvalue weighted by Gasteiger charge is -2.06. The van der Waals surface area contributed by atoms with Gasteiger partial charge in [0.05, 0.1) is 16.8 Å². The van der Waals surface area contributed by atoms with Crippen LogP contribution in [0.25, 0.3) is 0 Å². The van der Waals surface area contributed by atoms with Crippen molar-refractivity contribution in [2.45, 2.75) is 19.4 Å². The second-order valence-electron chi connectivity index (χ2n) is 3.56. The van der Waals surface area contributed by atoms with Crippen LogP contribution in [-0.4, -0.2) is 17.0 Å². The zero-order valence-corrected chi connectivity index (χ0v) is 10.4. The first-order chi connectivity index (χ1) is 7.69. The molecule has 0 aliphatic carbocycles. The van der Waals surface area contributed by atoms with Crippen molar-refractivity contribution in [2.75, 3.05) is 11.1 Å². The highest BCUT2D eigenvalue weighted by atomic mass is 35.5. The van der Waals surface area contributed by atoms with Crippen molar-refractivity contribution in [3.8, 4) is 0 Å². The number of hydrogen-bond donors (Lipinski definition) is 1. The van der Waals surface area contributed by atoms with E-state index in [0.717, 1.165) is 17.3 Å². The number of hydrogen-bond acceptors (Lipinski definition) is 3. The summed E-state index contributed by atoms with van der Waals surface area (Å²) in [7, 11) is 0. The molecule has 2 rings (SSSR count). The number of amidine groups is 1. The van der Waals surface area contributed by atoms with Gasteiger partial charge in [-0.2, -0.15) is 0 Å². The number of nitrogens with zero attached hydrogens (tertiary/aromatic N) is 1. The summed E-state index contributed by atoms with van der Waals surface area (Å²) in [5.41, 5.74) is 0.700. The first-order valence-corrected chi connectivity index (χ1v) is 6.48. The summed E-state index contributed by atoms with van der Waals surface area (Å²) in [6, 6.07) is 4.68. The Labute approximate surface area is 103 Å². The number of thioether (sulfide) groups is 1. The molecule has 1 aliphatic heterocycles. The van der Waals surface area contributed by atoms with E-state index in [1.807, 2.05) is 0 Å². The van der Waals surface area contributed by atoms with E-state index in [0.29, 0.717) is 16.8 Å². The average molecular weight is 259 g/mol.